The molecule has 0 saturated heterocycles. The predicted molar refractivity (Wildman–Crippen MR) is 97.4 cm³/mol. The first-order valence-corrected chi connectivity index (χ1v) is 10.5. The molecule has 2 N–H and O–H groups in total. The van der Waals surface area contributed by atoms with Crippen molar-refractivity contribution in [2.45, 2.75) is 9.79 Å². The molecule has 0 saturated carbocycles. The molecule has 0 aliphatic carbocycles. The van der Waals surface area contributed by atoms with E-state index in [9.17, 15) is 13.0 Å². The largest absolute Gasteiger partial charge is 0.524 e. The summed E-state index contributed by atoms with van der Waals surface area (Å²) in [5.41, 5.74) is 0. The van der Waals surface area contributed by atoms with Gasteiger partial charge in [0.2, 0.25) is 9.84 Å². The summed E-state index contributed by atoms with van der Waals surface area (Å²) in [7, 11) is -7.73. The van der Waals surface area contributed by atoms with Crippen LogP contribution in [0.2, 0.25) is 0 Å². The maximum Gasteiger partial charge on any atom is 0.524 e. The van der Waals surface area contributed by atoms with E-state index in [0.29, 0.717) is 9.79 Å². The third kappa shape index (κ3) is 6.13. The lowest BCUT2D eigenvalue weighted by molar-refractivity contribution is 0.283. The predicted octanol–water partition coefficient (Wildman–Crippen LogP) is 3.68. The van der Waals surface area contributed by atoms with Crippen molar-refractivity contribution in [2.24, 2.45) is 0 Å². The highest BCUT2D eigenvalue weighted by Crippen LogP contribution is 2.36. The van der Waals surface area contributed by atoms with E-state index in [1.165, 1.54) is 12.1 Å². The highest BCUT2D eigenvalue weighted by Gasteiger charge is 2.16. The monoisotopic (exact) mass is 392 g/mol. The summed E-state index contributed by atoms with van der Waals surface area (Å²) >= 11 is 0. The number of benzene rings is 3. The quantitative estimate of drug-likeness (QED) is 0.657. The fourth-order valence-electron chi connectivity index (χ4n) is 1.95. The zero-order valence-electron chi connectivity index (χ0n) is 13.5. The van der Waals surface area contributed by atoms with Gasteiger partial charge in [-0.1, -0.05) is 54.6 Å². The molecular weight excluding hydrogens is 375 g/mol. The third-order valence-corrected chi connectivity index (χ3v) is 5.31. The van der Waals surface area contributed by atoms with E-state index in [1.807, 2.05) is 0 Å². The summed E-state index contributed by atoms with van der Waals surface area (Å²) < 4.78 is 38.6. The van der Waals surface area contributed by atoms with Crippen molar-refractivity contribution in [3.05, 3.63) is 91.0 Å². The molecule has 3 rings (SSSR count). The lowest BCUT2D eigenvalue weighted by atomic mass is 10.3. The maximum absolute atomic E-state index is 12.0. The van der Waals surface area contributed by atoms with E-state index in [4.69, 9.17) is 9.79 Å². The molecular formula is C18H17O6PS. The highest BCUT2D eigenvalue weighted by molar-refractivity contribution is 7.91. The van der Waals surface area contributed by atoms with Crippen molar-refractivity contribution in [1.29, 1.82) is 0 Å². The topological polar surface area (TPSA) is 101 Å². The van der Waals surface area contributed by atoms with Gasteiger partial charge in [-0.2, -0.15) is 0 Å². The second-order valence-corrected chi connectivity index (χ2v) is 8.14. The van der Waals surface area contributed by atoms with E-state index in [2.05, 4.69) is 4.52 Å². The van der Waals surface area contributed by atoms with Gasteiger partial charge in [-0.3, -0.25) is 9.79 Å². The Morgan fingerprint density at radius 1 is 0.654 bits per heavy atom. The van der Waals surface area contributed by atoms with Gasteiger partial charge < -0.3 is 4.52 Å². The van der Waals surface area contributed by atoms with Crippen LogP contribution in [0, 0.1) is 0 Å². The Morgan fingerprint density at radius 2 is 1.00 bits per heavy atom. The van der Waals surface area contributed by atoms with Crippen LogP contribution < -0.4 is 4.52 Å². The molecule has 0 bridgehead atoms. The number of rotatable bonds is 4. The molecule has 0 aromatic heterocycles. The standard InChI is InChI=1S/C12H10O2S.C6H7O4P/c13-15(14,11-7-3-1-4-8-11)12-9-5-2-6-10-12;7-11(8,9)10-6-4-2-1-3-5-6/h1-10H;1-5H,(H2,7,8,9). The summed E-state index contributed by atoms with van der Waals surface area (Å²) in [6, 6.07) is 24.8. The molecule has 3 aromatic carbocycles. The molecule has 26 heavy (non-hydrogen) atoms. The molecule has 0 atom stereocenters. The minimum atomic E-state index is -4.39. The van der Waals surface area contributed by atoms with E-state index in [-0.39, 0.29) is 5.75 Å². The first-order valence-electron chi connectivity index (χ1n) is 7.44. The van der Waals surface area contributed by atoms with Crippen LogP contribution in [-0.2, 0) is 14.4 Å². The number of hydrogen-bond donors (Lipinski definition) is 2. The molecule has 0 fully saturated rings. The number of para-hydroxylation sites is 1. The second kappa shape index (κ2) is 8.78. The van der Waals surface area contributed by atoms with Crippen LogP contribution in [0.1, 0.15) is 0 Å². The summed E-state index contributed by atoms with van der Waals surface area (Å²) in [6.07, 6.45) is 0. The van der Waals surface area contributed by atoms with E-state index in [0.717, 1.165) is 0 Å². The first kappa shape index (κ1) is 19.9. The zero-order valence-corrected chi connectivity index (χ0v) is 15.3. The Bertz CT molecular complexity index is 909. The lowest BCUT2D eigenvalue weighted by Gasteiger charge is -2.04. The summed E-state index contributed by atoms with van der Waals surface area (Å²) in [5, 5.41) is 0. The number of phosphoric ester groups is 1. The Morgan fingerprint density at radius 3 is 1.35 bits per heavy atom. The molecule has 8 heteroatoms. The molecule has 0 heterocycles. The fourth-order valence-corrected chi connectivity index (χ4v) is 3.65. The second-order valence-electron chi connectivity index (χ2n) is 5.02. The van der Waals surface area contributed by atoms with Gasteiger partial charge in [-0.25, -0.2) is 13.0 Å². The zero-order chi connectivity index (χ0) is 19.0. The molecule has 3 aromatic rings. The molecule has 6 nitrogen and oxygen atoms in total. The van der Waals surface area contributed by atoms with Gasteiger partial charge in [0.25, 0.3) is 0 Å². The van der Waals surface area contributed by atoms with E-state index >= 15 is 0 Å². The van der Waals surface area contributed by atoms with Crippen LogP contribution in [0.5, 0.6) is 5.75 Å². The summed E-state index contributed by atoms with van der Waals surface area (Å²) in [5.74, 6) is 0.167. The van der Waals surface area contributed by atoms with Crippen molar-refractivity contribution in [3.63, 3.8) is 0 Å². The van der Waals surface area contributed by atoms with Crippen molar-refractivity contribution >= 4 is 17.7 Å². The van der Waals surface area contributed by atoms with Crippen molar-refractivity contribution < 1.29 is 27.3 Å². The normalized spacial score (nSPS) is 11.2. The molecule has 0 spiro atoms. The van der Waals surface area contributed by atoms with Crippen LogP contribution >= 0.6 is 7.82 Å². The maximum atomic E-state index is 12.0. The average molecular weight is 392 g/mol. The van der Waals surface area contributed by atoms with Crippen LogP contribution in [0.15, 0.2) is 101 Å². The highest BCUT2D eigenvalue weighted by atomic mass is 32.2. The van der Waals surface area contributed by atoms with E-state index in [1.54, 1.807) is 78.9 Å². The first-order chi connectivity index (χ1) is 12.3. The Hall–Kier alpha value is -2.44. The average Bonchev–Trinajstić information content (AvgIpc) is 2.63. The van der Waals surface area contributed by atoms with Gasteiger partial charge >= 0.3 is 7.82 Å². The van der Waals surface area contributed by atoms with Crippen molar-refractivity contribution in [2.75, 3.05) is 0 Å². The van der Waals surface area contributed by atoms with E-state index < -0.39 is 17.7 Å². The Labute approximate surface area is 151 Å². The Kier molecular flexibility index (Phi) is 6.71. The minimum Gasteiger partial charge on any atom is -0.404 e. The summed E-state index contributed by atoms with van der Waals surface area (Å²) in [4.78, 5) is 17.4. The molecule has 0 radical (unpaired) electrons. The molecule has 0 unspecified atom stereocenters. The SMILES string of the molecule is O=P(O)(O)Oc1ccccc1.O=S(=O)(c1ccccc1)c1ccccc1. The van der Waals surface area contributed by atoms with Crippen LogP contribution in [0.4, 0.5) is 0 Å². The van der Waals surface area contributed by atoms with Crippen molar-refractivity contribution in [1.82, 2.24) is 0 Å². The van der Waals surface area contributed by atoms with Crippen molar-refractivity contribution in [3.8, 4) is 5.75 Å². The Balaban J connectivity index is 0.000000197. The fraction of sp³-hybridized carbons (Fsp3) is 0. The number of hydrogen-bond acceptors (Lipinski definition) is 4. The van der Waals surface area contributed by atoms with Gasteiger partial charge in [0.05, 0.1) is 9.79 Å². The third-order valence-electron chi connectivity index (χ3n) is 3.07. The smallest absolute Gasteiger partial charge is 0.404 e. The van der Waals surface area contributed by atoms with Gasteiger partial charge in [0, 0.05) is 0 Å². The van der Waals surface area contributed by atoms with Crippen LogP contribution in [-0.4, -0.2) is 18.2 Å². The van der Waals surface area contributed by atoms with Gasteiger partial charge in [-0.05, 0) is 36.4 Å². The number of phosphoric acid groups is 1. The van der Waals surface area contributed by atoms with Crippen LogP contribution in [0.3, 0.4) is 0 Å². The summed E-state index contributed by atoms with van der Waals surface area (Å²) in [6.45, 7) is 0. The van der Waals surface area contributed by atoms with Gasteiger partial charge in [0.1, 0.15) is 5.75 Å². The molecule has 0 aliphatic heterocycles. The molecule has 0 aliphatic rings. The van der Waals surface area contributed by atoms with Gasteiger partial charge in [0.15, 0.2) is 0 Å². The lowest BCUT2D eigenvalue weighted by Crippen LogP contribution is -2.00. The number of sulfone groups is 1. The van der Waals surface area contributed by atoms with Gasteiger partial charge in [-0.15, -0.1) is 0 Å². The van der Waals surface area contributed by atoms with Crippen LogP contribution in [0.25, 0.3) is 0 Å². The molecule has 136 valence electrons. The molecule has 0 amide bonds. The minimum absolute atomic E-state index is 0.167.